The number of amides is 2. The summed E-state index contributed by atoms with van der Waals surface area (Å²) in [5.41, 5.74) is 5.76. The topological polar surface area (TPSA) is 75.4 Å². The fraction of sp³-hybridized carbons (Fsp3) is 0.867. The zero-order valence-electron chi connectivity index (χ0n) is 13.6. The molecule has 3 N–H and O–H groups in total. The number of hydrogen-bond acceptors (Lipinski definition) is 3. The van der Waals surface area contributed by atoms with Gasteiger partial charge in [-0.05, 0) is 31.1 Å². The lowest BCUT2D eigenvalue weighted by Crippen LogP contribution is -2.48. The molecular formula is C15H30ClN3O2. The van der Waals surface area contributed by atoms with Crippen molar-refractivity contribution in [2.45, 2.75) is 59.0 Å². The SMILES string of the molecule is CC(C)CC1CCCN1C(=O)CNC(=O)[C@@H](N)C(C)C.Cl. The van der Waals surface area contributed by atoms with Crippen molar-refractivity contribution in [3.63, 3.8) is 0 Å². The lowest BCUT2D eigenvalue weighted by Gasteiger charge is -2.26. The summed E-state index contributed by atoms with van der Waals surface area (Å²) in [5.74, 6) is 0.424. The zero-order chi connectivity index (χ0) is 15.3. The maximum Gasteiger partial charge on any atom is 0.242 e. The second-order valence-electron chi connectivity index (χ2n) is 6.50. The maximum absolute atomic E-state index is 12.2. The lowest BCUT2D eigenvalue weighted by atomic mass is 10.0. The molecule has 1 saturated heterocycles. The monoisotopic (exact) mass is 319 g/mol. The van der Waals surface area contributed by atoms with Crippen molar-refractivity contribution >= 4 is 24.2 Å². The standard InChI is InChI=1S/C15H29N3O2.ClH/c1-10(2)8-12-6-5-7-18(12)13(19)9-17-15(20)14(16)11(3)4;/h10-12,14H,5-9,16H2,1-4H3,(H,17,20);1H/t12?,14-;/m0./s1. The summed E-state index contributed by atoms with van der Waals surface area (Å²) in [4.78, 5) is 25.9. The summed E-state index contributed by atoms with van der Waals surface area (Å²) in [6.45, 7) is 9.00. The number of hydrogen-bond donors (Lipinski definition) is 2. The third-order valence-corrected chi connectivity index (χ3v) is 3.88. The molecule has 1 aliphatic heterocycles. The Kier molecular flexibility index (Phi) is 8.90. The van der Waals surface area contributed by atoms with E-state index >= 15 is 0 Å². The Labute approximate surface area is 134 Å². The van der Waals surface area contributed by atoms with Crippen molar-refractivity contribution in [1.82, 2.24) is 10.2 Å². The van der Waals surface area contributed by atoms with E-state index in [1.807, 2.05) is 18.7 Å². The van der Waals surface area contributed by atoms with Gasteiger partial charge in [-0.2, -0.15) is 0 Å². The third kappa shape index (κ3) is 6.22. The molecule has 2 atom stereocenters. The lowest BCUT2D eigenvalue weighted by molar-refractivity contribution is -0.134. The first-order valence-electron chi connectivity index (χ1n) is 7.65. The second kappa shape index (κ2) is 9.26. The summed E-state index contributed by atoms with van der Waals surface area (Å²) in [6.07, 6.45) is 3.16. The molecule has 6 heteroatoms. The minimum absolute atomic E-state index is 0. The summed E-state index contributed by atoms with van der Waals surface area (Å²) in [7, 11) is 0. The quantitative estimate of drug-likeness (QED) is 0.780. The summed E-state index contributed by atoms with van der Waals surface area (Å²) >= 11 is 0. The highest BCUT2D eigenvalue weighted by atomic mass is 35.5. The highest BCUT2D eigenvalue weighted by Crippen LogP contribution is 2.23. The van der Waals surface area contributed by atoms with Gasteiger partial charge in [-0.3, -0.25) is 9.59 Å². The zero-order valence-corrected chi connectivity index (χ0v) is 14.4. The molecule has 0 bridgehead atoms. The highest BCUT2D eigenvalue weighted by molar-refractivity contribution is 5.87. The first-order valence-corrected chi connectivity index (χ1v) is 7.65. The molecule has 1 heterocycles. The number of carbonyl (C=O) groups is 2. The molecule has 21 heavy (non-hydrogen) atoms. The summed E-state index contributed by atoms with van der Waals surface area (Å²) in [6, 6.07) is -0.217. The Hall–Kier alpha value is -0.810. The van der Waals surface area contributed by atoms with Gasteiger partial charge < -0.3 is 16.0 Å². The molecule has 0 saturated carbocycles. The first kappa shape index (κ1) is 20.2. The van der Waals surface area contributed by atoms with Crippen LogP contribution in [0.3, 0.4) is 0 Å². The number of nitrogens with one attached hydrogen (secondary N) is 1. The fourth-order valence-electron chi connectivity index (χ4n) is 2.64. The van der Waals surface area contributed by atoms with Gasteiger partial charge in [0.2, 0.25) is 11.8 Å². The van der Waals surface area contributed by atoms with Gasteiger partial charge in [0.1, 0.15) is 0 Å². The molecule has 1 fully saturated rings. The van der Waals surface area contributed by atoms with Crippen LogP contribution in [0.5, 0.6) is 0 Å². The van der Waals surface area contributed by atoms with E-state index in [1.54, 1.807) is 0 Å². The molecular weight excluding hydrogens is 290 g/mol. The molecule has 1 rings (SSSR count). The summed E-state index contributed by atoms with van der Waals surface area (Å²) < 4.78 is 0. The average molecular weight is 320 g/mol. The van der Waals surface area contributed by atoms with Gasteiger partial charge in [-0.25, -0.2) is 0 Å². The molecule has 0 aliphatic carbocycles. The molecule has 124 valence electrons. The van der Waals surface area contributed by atoms with E-state index in [2.05, 4.69) is 19.2 Å². The van der Waals surface area contributed by atoms with Crippen molar-refractivity contribution in [2.24, 2.45) is 17.6 Å². The van der Waals surface area contributed by atoms with Gasteiger partial charge >= 0.3 is 0 Å². The van der Waals surface area contributed by atoms with Gasteiger partial charge in [0.05, 0.1) is 12.6 Å². The smallest absolute Gasteiger partial charge is 0.242 e. The van der Waals surface area contributed by atoms with Crippen LogP contribution in [0.1, 0.15) is 47.0 Å². The fourth-order valence-corrected chi connectivity index (χ4v) is 2.64. The predicted octanol–water partition coefficient (Wildman–Crippen LogP) is 1.54. The Balaban J connectivity index is 0.00000400. The van der Waals surface area contributed by atoms with Crippen LogP contribution in [0.25, 0.3) is 0 Å². The minimum atomic E-state index is -0.548. The second-order valence-corrected chi connectivity index (χ2v) is 6.50. The van der Waals surface area contributed by atoms with E-state index in [1.165, 1.54) is 0 Å². The van der Waals surface area contributed by atoms with Gasteiger partial charge in [0.25, 0.3) is 0 Å². The highest BCUT2D eigenvalue weighted by Gasteiger charge is 2.29. The largest absolute Gasteiger partial charge is 0.346 e. The predicted molar refractivity (Wildman–Crippen MR) is 87.3 cm³/mol. The molecule has 0 radical (unpaired) electrons. The van der Waals surface area contributed by atoms with E-state index in [-0.39, 0.29) is 36.7 Å². The summed E-state index contributed by atoms with van der Waals surface area (Å²) in [5, 5.41) is 2.66. The van der Waals surface area contributed by atoms with Crippen LogP contribution in [-0.2, 0) is 9.59 Å². The van der Waals surface area contributed by atoms with Gasteiger partial charge in [-0.1, -0.05) is 27.7 Å². The molecule has 0 aromatic carbocycles. The number of carbonyl (C=O) groups excluding carboxylic acids is 2. The number of likely N-dealkylation sites (tertiary alicyclic amines) is 1. The minimum Gasteiger partial charge on any atom is -0.346 e. The van der Waals surface area contributed by atoms with Crippen LogP contribution >= 0.6 is 12.4 Å². The Morgan fingerprint density at radius 3 is 2.43 bits per heavy atom. The molecule has 1 aliphatic rings. The van der Waals surface area contributed by atoms with E-state index in [9.17, 15) is 9.59 Å². The maximum atomic E-state index is 12.2. The number of nitrogens with two attached hydrogens (primary N) is 1. The third-order valence-electron chi connectivity index (χ3n) is 3.88. The molecule has 0 aromatic rings. The molecule has 5 nitrogen and oxygen atoms in total. The molecule has 1 unspecified atom stereocenters. The van der Waals surface area contributed by atoms with Crippen molar-refractivity contribution in [1.29, 1.82) is 0 Å². The molecule has 0 spiro atoms. The number of rotatable bonds is 6. The Morgan fingerprint density at radius 2 is 1.90 bits per heavy atom. The normalized spacial score (nSPS) is 19.6. The number of halogens is 1. The van der Waals surface area contributed by atoms with Crippen molar-refractivity contribution in [3.8, 4) is 0 Å². The van der Waals surface area contributed by atoms with Crippen LogP contribution in [0.4, 0.5) is 0 Å². The van der Waals surface area contributed by atoms with Gasteiger partial charge in [0, 0.05) is 12.6 Å². The van der Waals surface area contributed by atoms with Crippen LogP contribution in [-0.4, -0.2) is 41.9 Å². The molecule has 2 amide bonds. The van der Waals surface area contributed by atoms with Crippen LogP contribution in [0.15, 0.2) is 0 Å². The van der Waals surface area contributed by atoms with Crippen molar-refractivity contribution < 1.29 is 9.59 Å². The van der Waals surface area contributed by atoms with Crippen LogP contribution < -0.4 is 11.1 Å². The van der Waals surface area contributed by atoms with E-state index in [0.29, 0.717) is 12.0 Å². The van der Waals surface area contributed by atoms with E-state index in [4.69, 9.17) is 5.73 Å². The Morgan fingerprint density at radius 1 is 1.29 bits per heavy atom. The van der Waals surface area contributed by atoms with E-state index < -0.39 is 6.04 Å². The van der Waals surface area contributed by atoms with Gasteiger partial charge in [0.15, 0.2) is 0 Å². The first-order chi connectivity index (χ1) is 9.32. The van der Waals surface area contributed by atoms with Crippen LogP contribution in [0, 0.1) is 11.8 Å². The van der Waals surface area contributed by atoms with Crippen molar-refractivity contribution in [2.75, 3.05) is 13.1 Å². The van der Waals surface area contributed by atoms with Crippen LogP contribution in [0.2, 0.25) is 0 Å². The number of nitrogens with zero attached hydrogens (tertiary/aromatic N) is 1. The Bertz CT molecular complexity index is 348. The van der Waals surface area contributed by atoms with E-state index in [0.717, 1.165) is 25.8 Å². The van der Waals surface area contributed by atoms with Crippen molar-refractivity contribution in [3.05, 3.63) is 0 Å². The average Bonchev–Trinajstić information content (AvgIpc) is 2.81. The molecule has 0 aromatic heterocycles. The van der Waals surface area contributed by atoms with Gasteiger partial charge in [-0.15, -0.1) is 12.4 Å².